The molecular formula is C73H112N20O15S2. The fourth-order valence-electron chi connectivity index (χ4n) is 13.7. The zero-order valence-corrected chi connectivity index (χ0v) is 64.5. The Labute approximate surface area is 649 Å². The molecule has 2 aromatic rings. The molecule has 4 saturated heterocycles. The average Bonchev–Trinajstić information content (AvgIpc) is 1.66. The van der Waals surface area contributed by atoms with Crippen LogP contribution in [0.4, 0.5) is 4.79 Å². The van der Waals surface area contributed by atoms with E-state index in [1.807, 2.05) is 20.1 Å². The molecule has 110 heavy (non-hydrogen) atoms. The van der Waals surface area contributed by atoms with Gasteiger partial charge in [0, 0.05) is 62.7 Å². The van der Waals surface area contributed by atoms with E-state index in [0.29, 0.717) is 61.8 Å². The van der Waals surface area contributed by atoms with Gasteiger partial charge in [0.25, 0.3) is 0 Å². The van der Waals surface area contributed by atoms with E-state index in [9.17, 15) is 71.9 Å². The number of carbonyl (C=O) groups is 15. The lowest BCUT2D eigenvalue weighted by Gasteiger charge is -2.32. The Kier molecular flexibility index (Phi) is 37.3. The van der Waals surface area contributed by atoms with E-state index in [1.165, 1.54) is 21.6 Å². The minimum Gasteiger partial charge on any atom is -0.370 e. The lowest BCUT2D eigenvalue weighted by Crippen LogP contribution is -2.60. The first-order chi connectivity index (χ1) is 52.5. The van der Waals surface area contributed by atoms with Gasteiger partial charge in [0.1, 0.15) is 60.4 Å². The fourth-order valence-corrected chi connectivity index (χ4v) is 15.7. The van der Waals surface area contributed by atoms with E-state index in [-0.39, 0.29) is 125 Å². The number of unbranched alkanes of at least 4 members (excludes halogenated alkanes) is 2. The Hall–Kier alpha value is -9.78. The molecule has 37 heteroatoms. The number of nitrogens with zero attached hydrogens (tertiary/aromatic N) is 3. The molecular weight excluding hydrogens is 1460 g/mol. The summed E-state index contributed by atoms with van der Waals surface area (Å²) in [5, 5.41) is 30.2. The number of aliphatic imine (C=N–C) groups is 1. The predicted molar refractivity (Wildman–Crippen MR) is 413 cm³/mol. The molecule has 23 N–H and O–H groups in total. The second-order valence-corrected chi connectivity index (χ2v) is 30.8. The number of nitrogens with two attached hydrogens (primary N) is 6. The molecule has 4 aliphatic rings. The quantitative estimate of drug-likeness (QED) is 0.0137. The third-order valence-corrected chi connectivity index (χ3v) is 21.6. The minimum atomic E-state index is -1.67. The molecule has 13 atom stereocenters. The number of fused-ring (bicyclic) bond motifs is 1. The van der Waals surface area contributed by atoms with Crippen LogP contribution >= 0.6 is 23.5 Å². The molecule has 0 radical (unpaired) electrons. The van der Waals surface area contributed by atoms with Crippen molar-refractivity contribution in [2.45, 2.75) is 226 Å². The van der Waals surface area contributed by atoms with E-state index in [4.69, 9.17) is 34.4 Å². The number of guanidine groups is 1. The number of nitrogens with one attached hydrogen (secondary N) is 11. The Bertz CT molecular complexity index is 3520. The lowest BCUT2D eigenvalue weighted by atomic mass is 10.0. The largest absolute Gasteiger partial charge is 0.370 e. The van der Waals surface area contributed by atoms with E-state index in [2.05, 4.69) is 63.5 Å². The molecule has 2 aromatic carbocycles. The second-order valence-electron chi connectivity index (χ2n) is 28.5. The third kappa shape index (κ3) is 29.6. The summed E-state index contributed by atoms with van der Waals surface area (Å²) >= 11 is 3.22. The lowest BCUT2D eigenvalue weighted by molar-refractivity contribution is -0.144. The summed E-state index contributed by atoms with van der Waals surface area (Å²) in [7, 11) is 0. The maximum atomic E-state index is 14.9. The van der Waals surface area contributed by atoms with E-state index < -0.39 is 169 Å². The first kappa shape index (κ1) is 89.1. The molecule has 0 aromatic heterocycles. The van der Waals surface area contributed by atoms with Gasteiger partial charge in [0.2, 0.25) is 82.7 Å². The highest BCUT2D eigenvalue weighted by molar-refractivity contribution is 8.00. The molecule has 6 rings (SSSR count). The van der Waals surface area contributed by atoms with Crippen LogP contribution in [0.3, 0.4) is 0 Å². The number of primary amides is 3. The van der Waals surface area contributed by atoms with Crippen molar-refractivity contribution in [1.82, 2.24) is 68.3 Å². The molecule has 0 spiro atoms. The molecule has 4 aliphatic heterocycles. The fraction of sp³-hybridized carbons (Fsp3) is 0.616. The van der Waals surface area contributed by atoms with Crippen LogP contribution in [0.1, 0.15) is 147 Å². The zero-order chi connectivity index (χ0) is 80.4. The van der Waals surface area contributed by atoms with Crippen molar-refractivity contribution < 1.29 is 71.9 Å². The first-order valence-electron chi connectivity index (χ1n) is 37.7. The van der Waals surface area contributed by atoms with Crippen LogP contribution in [0.5, 0.6) is 0 Å². The second kappa shape index (κ2) is 46.0. The van der Waals surface area contributed by atoms with Crippen molar-refractivity contribution in [2.24, 2.45) is 45.3 Å². The highest BCUT2D eigenvalue weighted by Crippen LogP contribution is 2.33. The van der Waals surface area contributed by atoms with Crippen LogP contribution in [0.2, 0.25) is 0 Å². The molecule has 0 saturated carbocycles. The summed E-state index contributed by atoms with van der Waals surface area (Å²) in [6, 6.07) is 3.89. The number of benzene rings is 2. The predicted octanol–water partition coefficient (Wildman–Crippen LogP) is -2.83. The summed E-state index contributed by atoms with van der Waals surface area (Å²) in [5.41, 5.74) is 34.9. The van der Waals surface area contributed by atoms with Gasteiger partial charge in [0.15, 0.2) is 5.96 Å². The molecule has 4 heterocycles. The van der Waals surface area contributed by atoms with Gasteiger partial charge in [-0.1, -0.05) is 80.9 Å². The number of rotatable bonds is 48. The first-order valence-corrected chi connectivity index (χ1v) is 40.2. The maximum absolute atomic E-state index is 14.9. The van der Waals surface area contributed by atoms with Gasteiger partial charge in [0.05, 0.1) is 18.6 Å². The van der Waals surface area contributed by atoms with Crippen LogP contribution in [0.25, 0.3) is 0 Å². The molecule has 0 bridgehead atoms. The van der Waals surface area contributed by atoms with Crippen molar-refractivity contribution in [2.75, 3.05) is 50.5 Å². The van der Waals surface area contributed by atoms with Gasteiger partial charge in [-0.2, -0.15) is 23.5 Å². The number of urea groups is 1. The standard InChI is InChI=1S/C73H112N20O15S2/c1-42(2)37-50(66(102)84-45(62(77)98)31-36-109-3)83-60(97)40-81-63(99)51(38-43-17-6-4-7-18-43)88-67(103)52(39-44-19-8-5-9-20-44)89-65(101)46(27-29-57(75)94)85-64(100)47(28-30-58(76)95)86-68(104)54-23-15-35-93(54)71(107)49(21-12-13-32-74)87-69(105)55-24-16-34-92(55)70(106)48(22-14-33-80-72(78)79)82-59(96)26-11-10-25-56-61-53(41-110-56)90-73(108)91-61/h4-9,17-20,42,45-56,61H,10-16,21-41,74H2,1-3H3,(H2,75,94)(H2,76,95)(H2,77,98)(H,81,99)(H,82,96)(H,83,97)(H,84,102)(H,85,100)(H,86,104)(H,87,105)(H,88,103)(H,89,101)(H4,78,79,80)(H2,90,91,108)/t45-,46-,47-,48-,49-,50-,51-,52-,53-,54-,55-,56-,61-/m0/s1. The Balaban J connectivity index is 1.15. The van der Waals surface area contributed by atoms with E-state index >= 15 is 0 Å². The summed E-state index contributed by atoms with van der Waals surface area (Å²) in [4.78, 5) is 213. The molecule has 35 nitrogen and oxygen atoms in total. The van der Waals surface area contributed by atoms with Gasteiger partial charge in [-0.05, 0) is 132 Å². The average molecular weight is 1570 g/mol. The number of likely N-dealkylation sites (tertiary alicyclic amines) is 2. The zero-order valence-electron chi connectivity index (χ0n) is 62.9. The Morgan fingerprint density at radius 3 is 1.58 bits per heavy atom. The number of hydrogen-bond acceptors (Lipinski definition) is 19. The van der Waals surface area contributed by atoms with Gasteiger partial charge in [-0.25, -0.2) is 4.79 Å². The summed E-state index contributed by atoms with van der Waals surface area (Å²) in [6.07, 6.45) is 4.53. The van der Waals surface area contributed by atoms with Gasteiger partial charge < -0.3 is 103 Å². The van der Waals surface area contributed by atoms with E-state index in [0.717, 1.165) is 12.2 Å². The Morgan fingerprint density at radius 2 is 1.05 bits per heavy atom. The van der Waals surface area contributed by atoms with Gasteiger partial charge >= 0.3 is 6.03 Å². The Morgan fingerprint density at radius 1 is 0.545 bits per heavy atom. The highest BCUT2D eigenvalue weighted by atomic mass is 32.2. The van der Waals surface area contributed by atoms with E-state index in [1.54, 1.807) is 72.4 Å². The molecule has 0 unspecified atom stereocenters. The summed E-state index contributed by atoms with van der Waals surface area (Å²) < 4.78 is 0. The highest BCUT2D eigenvalue weighted by Gasteiger charge is 2.45. The third-order valence-electron chi connectivity index (χ3n) is 19.4. The van der Waals surface area contributed by atoms with Crippen molar-refractivity contribution >= 4 is 118 Å². The van der Waals surface area contributed by atoms with Gasteiger partial charge in [-0.15, -0.1) is 0 Å². The topological polar surface area (TPSA) is 563 Å². The van der Waals surface area contributed by atoms with Crippen LogP contribution in [-0.4, -0.2) is 233 Å². The number of amides is 16. The molecule has 16 amide bonds. The molecule has 0 aliphatic carbocycles. The summed E-state index contributed by atoms with van der Waals surface area (Å²) in [5.74, 6) is -9.73. The van der Waals surface area contributed by atoms with Crippen LogP contribution in [0.15, 0.2) is 65.7 Å². The van der Waals surface area contributed by atoms with Gasteiger partial charge in [-0.3, -0.25) is 72.1 Å². The normalized spacial score (nSPS) is 19.2. The summed E-state index contributed by atoms with van der Waals surface area (Å²) in [6.45, 7) is 3.59. The van der Waals surface area contributed by atoms with Crippen LogP contribution in [0, 0.1) is 5.92 Å². The smallest absolute Gasteiger partial charge is 0.315 e. The number of hydrogen-bond donors (Lipinski definition) is 17. The van der Waals surface area contributed by atoms with Crippen LogP contribution in [-0.2, 0) is 80.0 Å². The molecule has 606 valence electrons. The van der Waals surface area contributed by atoms with Crippen molar-refractivity contribution in [3.63, 3.8) is 0 Å². The van der Waals surface area contributed by atoms with Crippen LogP contribution < -0.4 is 92.9 Å². The van der Waals surface area contributed by atoms with Crippen molar-refractivity contribution in [3.8, 4) is 0 Å². The maximum Gasteiger partial charge on any atom is 0.315 e. The van der Waals surface area contributed by atoms with Crippen molar-refractivity contribution in [1.29, 1.82) is 0 Å². The number of thioether (sulfide) groups is 2. The van der Waals surface area contributed by atoms with Crippen molar-refractivity contribution in [3.05, 3.63) is 71.8 Å². The SMILES string of the molecule is CSCC[C@H](NC(=O)[C@H](CC(C)C)NC(=O)CNC(=O)[C@H](Cc1ccccc1)NC(=O)[C@H](Cc1ccccc1)NC(=O)[C@H](CCC(N)=O)NC(=O)[C@H](CCC(N)=O)NC(=O)[C@@H]1CCCN1C(=O)[C@H](CCCCN)NC(=O)[C@@H]1CCCN1C(=O)[C@H](CCCN=C(N)N)NC(=O)CCCC[C@@H]1SC[C@@H]2NC(=O)N[C@@H]21)C(N)=O. The number of carbonyl (C=O) groups excluding carboxylic acids is 15. The minimum absolute atomic E-state index is 0.0148. The molecule has 4 fully saturated rings. The monoisotopic (exact) mass is 1570 g/mol.